The smallest absolute Gasteiger partial charge is 0.393 e. The van der Waals surface area contributed by atoms with Crippen LogP contribution in [0.4, 0.5) is 18.9 Å². The van der Waals surface area contributed by atoms with Gasteiger partial charge in [-0.05, 0) is 76.5 Å². The van der Waals surface area contributed by atoms with E-state index in [0.717, 1.165) is 12.8 Å². The number of primary amides is 1. The van der Waals surface area contributed by atoms with Crippen molar-refractivity contribution in [3.63, 3.8) is 0 Å². The predicted molar refractivity (Wildman–Crippen MR) is 131 cm³/mol. The maximum Gasteiger partial charge on any atom is 0.435 e. The van der Waals surface area contributed by atoms with Crippen LogP contribution < -0.4 is 11.1 Å². The molecule has 0 spiro atoms. The summed E-state index contributed by atoms with van der Waals surface area (Å²) in [5.74, 6) is -0.995. The van der Waals surface area contributed by atoms with Crippen LogP contribution in [0.5, 0.6) is 0 Å². The van der Waals surface area contributed by atoms with Crippen LogP contribution in [0.1, 0.15) is 84.5 Å². The summed E-state index contributed by atoms with van der Waals surface area (Å²) < 4.78 is 43.6. The molecule has 1 aromatic heterocycles. The standard InChI is InChI=1S/C26H32F3N5O3/c1-25(2)12-20-21(24(37)33(25)13-14-3-4-14)22(26(27,28)29)32-34(20)16-7-10-18(23(30)36)19(11-16)31-15-5-8-17(35)9-6-15/h7,10-11,14-15,17,31,35H,3-6,8-9,12-13H2,1-2H3,(H2,30,36). The quantitative estimate of drug-likeness (QED) is 0.536. The number of anilines is 1. The van der Waals surface area contributed by atoms with Crippen molar-refractivity contribution in [2.75, 3.05) is 11.9 Å². The molecule has 2 saturated carbocycles. The summed E-state index contributed by atoms with van der Waals surface area (Å²) in [7, 11) is 0. The van der Waals surface area contributed by atoms with Crippen molar-refractivity contribution >= 4 is 17.5 Å². The Morgan fingerprint density at radius 2 is 1.86 bits per heavy atom. The summed E-state index contributed by atoms with van der Waals surface area (Å²) in [6, 6.07) is 4.50. The second-order valence-corrected chi connectivity index (χ2v) is 11.2. The van der Waals surface area contributed by atoms with Gasteiger partial charge in [0.1, 0.15) is 0 Å². The van der Waals surface area contributed by atoms with Gasteiger partial charge in [0.25, 0.3) is 11.8 Å². The first-order chi connectivity index (χ1) is 17.3. The number of fused-ring (bicyclic) bond motifs is 1. The Labute approximate surface area is 213 Å². The van der Waals surface area contributed by atoms with Gasteiger partial charge in [-0.3, -0.25) is 9.59 Å². The highest BCUT2D eigenvalue weighted by Crippen LogP contribution is 2.42. The molecule has 4 N–H and O–H groups in total. The number of carbonyl (C=O) groups excluding carboxylic acids is 2. The fourth-order valence-corrected chi connectivity index (χ4v) is 5.49. The molecule has 0 radical (unpaired) electrons. The number of nitrogens with zero attached hydrogens (tertiary/aromatic N) is 3. The molecule has 8 nitrogen and oxygen atoms in total. The Balaban J connectivity index is 1.58. The van der Waals surface area contributed by atoms with E-state index in [9.17, 15) is 27.9 Å². The van der Waals surface area contributed by atoms with Gasteiger partial charge in [-0.1, -0.05) is 0 Å². The highest BCUT2D eigenvalue weighted by atomic mass is 19.4. The normalized spacial score (nSPS) is 23.6. The minimum absolute atomic E-state index is 0.0227. The molecule has 3 aliphatic rings. The molecule has 0 saturated heterocycles. The van der Waals surface area contributed by atoms with E-state index in [2.05, 4.69) is 10.4 Å². The molecule has 2 amide bonds. The van der Waals surface area contributed by atoms with E-state index in [4.69, 9.17) is 5.73 Å². The van der Waals surface area contributed by atoms with Crippen LogP contribution in [0, 0.1) is 5.92 Å². The topological polar surface area (TPSA) is 113 Å². The number of amides is 2. The first kappa shape index (κ1) is 25.6. The number of hydrogen-bond acceptors (Lipinski definition) is 5. The van der Waals surface area contributed by atoms with E-state index >= 15 is 0 Å². The van der Waals surface area contributed by atoms with Gasteiger partial charge in [-0.25, -0.2) is 4.68 Å². The van der Waals surface area contributed by atoms with E-state index in [-0.39, 0.29) is 29.8 Å². The van der Waals surface area contributed by atoms with Crippen LogP contribution in [0.2, 0.25) is 0 Å². The summed E-state index contributed by atoms with van der Waals surface area (Å²) in [6.45, 7) is 4.16. The minimum atomic E-state index is -4.81. The molecule has 0 unspecified atom stereocenters. The van der Waals surface area contributed by atoms with Crippen LogP contribution in [0.25, 0.3) is 5.69 Å². The van der Waals surface area contributed by atoms with Crippen molar-refractivity contribution in [1.29, 1.82) is 0 Å². The second-order valence-electron chi connectivity index (χ2n) is 11.2. The lowest BCUT2D eigenvalue weighted by Crippen LogP contribution is -2.54. The largest absolute Gasteiger partial charge is 0.435 e. The molecule has 1 aromatic carbocycles. The van der Waals surface area contributed by atoms with Crippen LogP contribution in [0.15, 0.2) is 18.2 Å². The van der Waals surface area contributed by atoms with Crippen LogP contribution in [0.3, 0.4) is 0 Å². The number of nitrogens with two attached hydrogens (primary N) is 1. The number of aromatic nitrogens is 2. The summed E-state index contributed by atoms with van der Waals surface area (Å²) in [4.78, 5) is 27.2. The van der Waals surface area contributed by atoms with Gasteiger partial charge in [0.15, 0.2) is 5.69 Å². The van der Waals surface area contributed by atoms with Gasteiger partial charge in [0, 0.05) is 30.2 Å². The summed E-state index contributed by atoms with van der Waals surface area (Å²) in [6.07, 6.45) is -0.452. The van der Waals surface area contributed by atoms with E-state index < -0.39 is 34.8 Å². The Morgan fingerprint density at radius 3 is 2.46 bits per heavy atom. The highest BCUT2D eigenvalue weighted by Gasteiger charge is 2.49. The minimum Gasteiger partial charge on any atom is -0.393 e. The summed E-state index contributed by atoms with van der Waals surface area (Å²) >= 11 is 0. The first-order valence-electron chi connectivity index (χ1n) is 12.7. The predicted octanol–water partition coefficient (Wildman–Crippen LogP) is 3.89. The first-order valence-corrected chi connectivity index (χ1v) is 12.7. The fraction of sp³-hybridized carbons (Fsp3) is 0.577. The van der Waals surface area contributed by atoms with Gasteiger partial charge < -0.3 is 21.1 Å². The number of aliphatic hydroxyl groups excluding tert-OH is 1. The van der Waals surface area contributed by atoms with E-state index in [1.54, 1.807) is 11.0 Å². The van der Waals surface area contributed by atoms with Gasteiger partial charge in [-0.15, -0.1) is 0 Å². The molecule has 2 aliphatic carbocycles. The Hall–Kier alpha value is -3.08. The Kier molecular flexibility index (Phi) is 6.24. The van der Waals surface area contributed by atoms with Gasteiger partial charge >= 0.3 is 6.18 Å². The average Bonchev–Trinajstić information content (AvgIpc) is 3.55. The molecular formula is C26H32F3N5O3. The molecular weight excluding hydrogens is 487 g/mol. The molecule has 0 atom stereocenters. The van der Waals surface area contributed by atoms with Crippen LogP contribution in [-0.4, -0.2) is 55.8 Å². The number of rotatable bonds is 6. The zero-order valence-corrected chi connectivity index (χ0v) is 20.9. The van der Waals surface area contributed by atoms with Crippen molar-refractivity contribution in [2.45, 2.75) is 82.7 Å². The molecule has 37 heavy (non-hydrogen) atoms. The second kappa shape index (κ2) is 9.04. The van der Waals surface area contributed by atoms with E-state index in [1.165, 1.54) is 16.8 Å². The molecule has 200 valence electrons. The third-order valence-electron chi connectivity index (χ3n) is 7.75. The van der Waals surface area contributed by atoms with Crippen LogP contribution in [-0.2, 0) is 12.6 Å². The zero-order valence-electron chi connectivity index (χ0n) is 20.9. The molecule has 2 fully saturated rings. The van der Waals surface area contributed by atoms with Crippen molar-refractivity contribution in [3.8, 4) is 5.69 Å². The highest BCUT2D eigenvalue weighted by molar-refractivity contribution is 6.00. The van der Waals surface area contributed by atoms with Gasteiger partial charge in [0.2, 0.25) is 0 Å². The Bertz CT molecular complexity index is 1230. The molecule has 1 aliphatic heterocycles. The van der Waals surface area contributed by atoms with Gasteiger partial charge in [0.05, 0.1) is 28.6 Å². The number of aliphatic hydroxyl groups is 1. The van der Waals surface area contributed by atoms with Crippen LogP contribution >= 0.6 is 0 Å². The number of nitrogens with one attached hydrogen (secondary N) is 1. The lowest BCUT2D eigenvalue weighted by Gasteiger charge is -2.42. The SMILES string of the molecule is CC1(C)Cc2c(c(C(F)(F)F)nn2-c2ccc(C(N)=O)c(NC3CCC(O)CC3)c2)C(=O)N1CC1CC1. The molecule has 2 aromatic rings. The third-order valence-corrected chi connectivity index (χ3v) is 7.75. The van der Waals surface area contributed by atoms with Crippen molar-refractivity contribution < 1.29 is 27.9 Å². The van der Waals surface area contributed by atoms with Crippen molar-refractivity contribution in [2.24, 2.45) is 11.7 Å². The Morgan fingerprint density at radius 1 is 1.19 bits per heavy atom. The number of alkyl halides is 3. The van der Waals surface area contributed by atoms with Crippen molar-refractivity contribution in [1.82, 2.24) is 14.7 Å². The maximum absolute atomic E-state index is 14.1. The van der Waals surface area contributed by atoms with E-state index in [1.807, 2.05) is 13.8 Å². The van der Waals surface area contributed by atoms with Gasteiger partial charge in [-0.2, -0.15) is 18.3 Å². The fourth-order valence-electron chi connectivity index (χ4n) is 5.49. The average molecular weight is 520 g/mol. The monoisotopic (exact) mass is 519 g/mol. The molecule has 0 bridgehead atoms. The third kappa shape index (κ3) is 4.93. The number of benzene rings is 1. The van der Waals surface area contributed by atoms with Crippen molar-refractivity contribution in [3.05, 3.63) is 40.7 Å². The van der Waals surface area contributed by atoms with E-state index in [0.29, 0.717) is 49.5 Å². The maximum atomic E-state index is 14.1. The number of carbonyl (C=O) groups is 2. The number of hydrogen-bond donors (Lipinski definition) is 3. The summed E-state index contributed by atoms with van der Waals surface area (Å²) in [5, 5.41) is 17.0. The number of halogens is 3. The lowest BCUT2D eigenvalue weighted by molar-refractivity contribution is -0.141. The molecule has 5 rings (SSSR count). The lowest BCUT2D eigenvalue weighted by atomic mass is 9.87. The molecule has 11 heteroatoms. The summed E-state index contributed by atoms with van der Waals surface area (Å²) in [5.41, 5.74) is 4.39. The molecule has 2 heterocycles. The zero-order chi connectivity index (χ0) is 26.7.